The third-order valence-electron chi connectivity index (χ3n) is 3.42. The van der Waals surface area contributed by atoms with Gasteiger partial charge < -0.3 is 10.4 Å². The van der Waals surface area contributed by atoms with Gasteiger partial charge >= 0.3 is 5.97 Å². The molecule has 0 aromatic carbocycles. The van der Waals surface area contributed by atoms with Crippen LogP contribution in [0.5, 0.6) is 0 Å². The van der Waals surface area contributed by atoms with Crippen molar-refractivity contribution >= 4 is 21.7 Å². The lowest BCUT2D eigenvalue weighted by Gasteiger charge is -2.11. The molecule has 2 N–H and O–H groups in total. The van der Waals surface area contributed by atoms with E-state index in [1.54, 1.807) is 0 Å². The van der Waals surface area contributed by atoms with Gasteiger partial charge in [0.1, 0.15) is 5.75 Å². The van der Waals surface area contributed by atoms with Crippen LogP contribution in [0.4, 0.5) is 0 Å². The molecule has 0 unspecified atom stereocenters. The van der Waals surface area contributed by atoms with E-state index in [0.29, 0.717) is 19.3 Å². The van der Waals surface area contributed by atoms with Gasteiger partial charge in [0.05, 0.1) is 5.75 Å². The Morgan fingerprint density at radius 2 is 1.75 bits per heavy atom. The number of carbonyl (C=O) groups is 2. The van der Waals surface area contributed by atoms with Crippen LogP contribution in [0.15, 0.2) is 0 Å². The Morgan fingerprint density at radius 1 is 1.10 bits per heavy atom. The molecule has 6 nitrogen and oxygen atoms in total. The van der Waals surface area contributed by atoms with E-state index in [0.717, 1.165) is 25.7 Å². The molecule has 1 saturated carbocycles. The number of carboxylic acid groups (broad SMARTS) is 1. The van der Waals surface area contributed by atoms with E-state index >= 15 is 0 Å². The average molecular weight is 305 g/mol. The van der Waals surface area contributed by atoms with Gasteiger partial charge in [-0.25, -0.2) is 8.42 Å². The Balaban J connectivity index is 2.19. The van der Waals surface area contributed by atoms with Crippen molar-refractivity contribution in [2.24, 2.45) is 0 Å². The molecule has 0 aliphatic heterocycles. The van der Waals surface area contributed by atoms with Crippen LogP contribution in [-0.2, 0) is 19.4 Å². The molecule has 7 heteroatoms. The zero-order valence-electron chi connectivity index (χ0n) is 11.6. The Morgan fingerprint density at radius 3 is 2.35 bits per heavy atom. The molecule has 0 aromatic rings. The molecular weight excluding hydrogens is 282 g/mol. The second-order valence-corrected chi connectivity index (χ2v) is 7.53. The summed E-state index contributed by atoms with van der Waals surface area (Å²) < 4.78 is 23.5. The fourth-order valence-electron chi connectivity index (χ4n) is 2.39. The lowest BCUT2D eigenvalue weighted by Crippen LogP contribution is -2.37. The summed E-state index contributed by atoms with van der Waals surface area (Å²) in [5, 5.41) is 11.2. The Labute approximate surface area is 119 Å². The highest BCUT2D eigenvalue weighted by Gasteiger charge is 2.21. The smallest absolute Gasteiger partial charge is 0.303 e. The monoisotopic (exact) mass is 305 g/mol. The van der Waals surface area contributed by atoms with Crippen LogP contribution in [0.25, 0.3) is 0 Å². The second-order valence-electron chi connectivity index (χ2n) is 5.35. The first-order valence-corrected chi connectivity index (χ1v) is 8.93. The maximum absolute atomic E-state index is 11.7. The highest BCUT2D eigenvalue weighted by atomic mass is 32.2. The first-order chi connectivity index (χ1) is 9.39. The van der Waals surface area contributed by atoms with Crippen LogP contribution < -0.4 is 5.32 Å². The number of sulfone groups is 1. The van der Waals surface area contributed by atoms with Crippen LogP contribution in [0.3, 0.4) is 0 Å². The third kappa shape index (κ3) is 7.47. The van der Waals surface area contributed by atoms with Crippen molar-refractivity contribution in [3.8, 4) is 0 Å². The van der Waals surface area contributed by atoms with Crippen molar-refractivity contribution in [3.05, 3.63) is 0 Å². The van der Waals surface area contributed by atoms with E-state index in [1.165, 1.54) is 0 Å². The van der Waals surface area contributed by atoms with Gasteiger partial charge in [-0.15, -0.1) is 0 Å². The van der Waals surface area contributed by atoms with Crippen molar-refractivity contribution in [2.45, 2.75) is 57.4 Å². The quantitative estimate of drug-likeness (QED) is 0.621. The second kappa shape index (κ2) is 8.24. The molecule has 0 aromatic heterocycles. The summed E-state index contributed by atoms with van der Waals surface area (Å²) >= 11 is 0. The number of unbranched alkanes of at least 4 members (excludes halogenated alkanes) is 2. The van der Waals surface area contributed by atoms with Crippen molar-refractivity contribution in [3.63, 3.8) is 0 Å². The van der Waals surface area contributed by atoms with Gasteiger partial charge in [0.15, 0.2) is 9.84 Å². The Hall–Kier alpha value is -1.11. The zero-order valence-corrected chi connectivity index (χ0v) is 12.5. The van der Waals surface area contributed by atoms with Crippen molar-refractivity contribution < 1.29 is 23.1 Å². The van der Waals surface area contributed by atoms with E-state index in [4.69, 9.17) is 5.11 Å². The average Bonchev–Trinajstić information content (AvgIpc) is 2.79. The highest BCUT2D eigenvalue weighted by Crippen LogP contribution is 2.17. The summed E-state index contributed by atoms with van der Waals surface area (Å²) in [6.45, 7) is 0. The minimum Gasteiger partial charge on any atom is -0.481 e. The Kier molecular flexibility index (Phi) is 6.98. The number of hydrogen-bond acceptors (Lipinski definition) is 4. The fraction of sp³-hybridized carbons (Fsp3) is 0.846. The maximum Gasteiger partial charge on any atom is 0.303 e. The number of aliphatic carboxylic acids is 1. The van der Waals surface area contributed by atoms with E-state index in [1.807, 2.05) is 0 Å². The van der Waals surface area contributed by atoms with Crippen molar-refractivity contribution in [1.29, 1.82) is 0 Å². The summed E-state index contributed by atoms with van der Waals surface area (Å²) in [5.41, 5.74) is 0. The lowest BCUT2D eigenvalue weighted by molar-refractivity contribution is -0.137. The summed E-state index contributed by atoms with van der Waals surface area (Å²) in [6, 6.07) is 0.133. The number of amides is 1. The number of carboxylic acids is 1. The maximum atomic E-state index is 11.7. The van der Waals surface area contributed by atoms with Crippen molar-refractivity contribution in [2.75, 3.05) is 11.5 Å². The molecule has 1 rings (SSSR count). The number of nitrogens with one attached hydrogen (secondary N) is 1. The molecule has 0 spiro atoms. The van der Waals surface area contributed by atoms with Crippen LogP contribution in [-0.4, -0.2) is 42.9 Å². The lowest BCUT2D eigenvalue weighted by atomic mass is 10.2. The molecule has 1 aliphatic rings. The summed E-state index contributed by atoms with van der Waals surface area (Å²) in [5.74, 6) is -1.79. The van der Waals surface area contributed by atoms with Crippen LogP contribution >= 0.6 is 0 Å². The van der Waals surface area contributed by atoms with E-state index < -0.39 is 27.5 Å². The minimum absolute atomic E-state index is 0.0509. The van der Waals surface area contributed by atoms with Gasteiger partial charge in [-0.1, -0.05) is 19.3 Å². The molecule has 20 heavy (non-hydrogen) atoms. The number of hydrogen-bond donors (Lipinski definition) is 2. The van der Waals surface area contributed by atoms with Gasteiger partial charge in [0.2, 0.25) is 5.91 Å². The van der Waals surface area contributed by atoms with E-state index in [-0.39, 0.29) is 18.2 Å². The van der Waals surface area contributed by atoms with Crippen molar-refractivity contribution in [1.82, 2.24) is 5.32 Å². The normalized spacial score (nSPS) is 16.2. The third-order valence-corrected chi connectivity index (χ3v) is 5.03. The molecule has 1 fully saturated rings. The van der Waals surface area contributed by atoms with Crippen LogP contribution in [0.2, 0.25) is 0 Å². The minimum atomic E-state index is -3.38. The SMILES string of the molecule is O=C(O)CCCCCS(=O)(=O)CC(=O)NC1CCCC1. The summed E-state index contributed by atoms with van der Waals surface area (Å²) in [7, 11) is -3.38. The van der Waals surface area contributed by atoms with Crippen LogP contribution in [0.1, 0.15) is 51.4 Å². The molecule has 0 radical (unpaired) electrons. The molecule has 0 heterocycles. The van der Waals surface area contributed by atoms with Gasteiger partial charge in [-0.2, -0.15) is 0 Å². The van der Waals surface area contributed by atoms with E-state index in [9.17, 15) is 18.0 Å². The molecule has 116 valence electrons. The van der Waals surface area contributed by atoms with Gasteiger partial charge in [-0.05, 0) is 25.7 Å². The largest absolute Gasteiger partial charge is 0.481 e. The summed E-state index contributed by atoms with van der Waals surface area (Å²) in [4.78, 5) is 21.9. The predicted molar refractivity (Wildman–Crippen MR) is 75.2 cm³/mol. The number of rotatable bonds is 9. The standard InChI is InChI=1S/C13H23NO5S/c15-12(14-11-6-3-4-7-11)10-20(18,19)9-5-1-2-8-13(16)17/h11H,1-10H2,(H,14,15)(H,16,17). The summed E-state index contributed by atoms with van der Waals surface area (Å²) in [6.07, 6.45) is 5.52. The Bertz CT molecular complexity index is 426. The first kappa shape index (κ1) is 16.9. The molecular formula is C13H23NO5S. The van der Waals surface area contributed by atoms with Gasteiger partial charge in [0.25, 0.3) is 0 Å². The molecule has 0 bridgehead atoms. The number of carbonyl (C=O) groups excluding carboxylic acids is 1. The fourth-order valence-corrected chi connectivity index (χ4v) is 3.66. The van der Waals surface area contributed by atoms with E-state index in [2.05, 4.69) is 5.32 Å². The molecule has 0 saturated heterocycles. The van der Waals surface area contributed by atoms with Gasteiger partial charge in [0, 0.05) is 12.5 Å². The molecule has 0 atom stereocenters. The molecule has 1 aliphatic carbocycles. The van der Waals surface area contributed by atoms with Crippen LogP contribution in [0, 0.1) is 0 Å². The first-order valence-electron chi connectivity index (χ1n) is 7.10. The zero-order chi connectivity index (χ0) is 15.0. The topological polar surface area (TPSA) is 101 Å². The molecule has 1 amide bonds. The predicted octanol–water partition coefficient (Wildman–Crippen LogP) is 1.10. The van der Waals surface area contributed by atoms with Gasteiger partial charge in [-0.3, -0.25) is 9.59 Å². The highest BCUT2D eigenvalue weighted by molar-refractivity contribution is 7.92.